The lowest BCUT2D eigenvalue weighted by Gasteiger charge is -2.11. The van der Waals surface area contributed by atoms with Gasteiger partial charge in [0.15, 0.2) is 6.61 Å². The fraction of sp³-hybridized carbons (Fsp3) is 0.182. The zero-order valence-electron chi connectivity index (χ0n) is 16.2. The van der Waals surface area contributed by atoms with E-state index in [4.69, 9.17) is 9.47 Å². The number of hydrogen-bond donors (Lipinski definition) is 1. The predicted octanol–water partition coefficient (Wildman–Crippen LogP) is 5.60. The van der Waals surface area contributed by atoms with E-state index in [1.54, 1.807) is 0 Å². The molecule has 0 bridgehead atoms. The highest BCUT2D eigenvalue weighted by Gasteiger charge is 2.22. The summed E-state index contributed by atoms with van der Waals surface area (Å²) in [6, 6.07) is 13.4. The van der Waals surface area contributed by atoms with Gasteiger partial charge in [-0.15, -0.1) is 11.3 Å². The molecule has 0 saturated carbocycles. The average Bonchev–Trinajstić information content (AvgIpc) is 3.12. The highest BCUT2D eigenvalue weighted by Crippen LogP contribution is 2.36. The Morgan fingerprint density at radius 2 is 1.83 bits per heavy atom. The lowest BCUT2D eigenvalue weighted by Crippen LogP contribution is -2.21. The average molecular weight is 474 g/mol. The van der Waals surface area contributed by atoms with Crippen molar-refractivity contribution in [3.8, 4) is 16.9 Å². The summed E-state index contributed by atoms with van der Waals surface area (Å²) in [5, 5.41) is 5.04. The Balaban J connectivity index is 1.79. The van der Waals surface area contributed by atoms with Gasteiger partial charge in [-0.3, -0.25) is 4.79 Å². The fourth-order valence-corrected chi connectivity index (χ4v) is 4.00. The van der Waals surface area contributed by atoms with Crippen LogP contribution in [0.3, 0.4) is 0 Å². The molecule has 1 amide bonds. The van der Waals surface area contributed by atoms with Crippen LogP contribution in [0, 0.1) is 13.8 Å². The maximum atomic E-state index is 12.4. The third kappa shape index (κ3) is 5.05. The molecule has 0 saturated heterocycles. The molecule has 1 N–H and O–H groups in total. The van der Waals surface area contributed by atoms with E-state index in [9.17, 15) is 9.59 Å². The van der Waals surface area contributed by atoms with Crippen molar-refractivity contribution in [1.82, 2.24) is 0 Å². The van der Waals surface area contributed by atoms with E-state index in [-0.39, 0.29) is 12.5 Å². The first-order chi connectivity index (χ1) is 13.9. The van der Waals surface area contributed by atoms with E-state index >= 15 is 0 Å². The molecular weight excluding hydrogens is 454 g/mol. The number of halogens is 1. The van der Waals surface area contributed by atoms with E-state index in [1.807, 2.05) is 61.7 Å². The number of anilines is 1. The van der Waals surface area contributed by atoms with Gasteiger partial charge in [-0.1, -0.05) is 40.2 Å². The molecule has 0 fully saturated rings. The van der Waals surface area contributed by atoms with Crippen LogP contribution >= 0.6 is 27.3 Å². The van der Waals surface area contributed by atoms with Crippen LogP contribution in [-0.2, 0) is 9.53 Å². The SMILES string of the molecule is COC(=O)c1c(-c2ccc(Br)cc2)csc1NC(=O)COc1cc(C)ccc1C. The zero-order chi connectivity index (χ0) is 21.0. The second-order valence-electron chi connectivity index (χ2n) is 6.46. The topological polar surface area (TPSA) is 64.6 Å². The summed E-state index contributed by atoms with van der Waals surface area (Å²) in [6.07, 6.45) is 0. The second kappa shape index (κ2) is 9.24. The summed E-state index contributed by atoms with van der Waals surface area (Å²) in [5.74, 6) is -0.190. The van der Waals surface area contributed by atoms with Gasteiger partial charge in [0.2, 0.25) is 0 Å². The monoisotopic (exact) mass is 473 g/mol. The van der Waals surface area contributed by atoms with Gasteiger partial charge in [0.1, 0.15) is 16.3 Å². The van der Waals surface area contributed by atoms with Crippen LogP contribution in [0.4, 0.5) is 5.00 Å². The molecule has 150 valence electrons. The van der Waals surface area contributed by atoms with Crippen LogP contribution in [0.1, 0.15) is 21.5 Å². The van der Waals surface area contributed by atoms with E-state index in [0.717, 1.165) is 21.2 Å². The first kappa shape index (κ1) is 21.1. The molecule has 0 aliphatic carbocycles. The van der Waals surface area contributed by atoms with Gasteiger partial charge in [-0.2, -0.15) is 0 Å². The number of nitrogens with one attached hydrogen (secondary N) is 1. The second-order valence-corrected chi connectivity index (χ2v) is 8.25. The van der Waals surface area contributed by atoms with Crippen molar-refractivity contribution in [1.29, 1.82) is 0 Å². The van der Waals surface area contributed by atoms with Crippen LogP contribution in [0.5, 0.6) is 5.75 Å². The summed E-state index contributed by atoms with van der Waals surface area (Å²) >= 11 is 4.68. The lowest BCUT2D eigenvalue weighted by molar-refractivity contribution is -0.118. The lowest BCUT2D eigenvalue weighted by atomic mass is 10.0. The molecule has 29 heavy (non-hydrogen) atoms. The minimum absolute atomic E-state index is 0.156. The smallest absolute Gasteiger partial charge is 0.341 e. The van der Waals surface area contributed by atoms with Crippen LogP contribution in [0.15, 0.2) is 52.3 Å². The van der Waals surface area contributed by atoms with E-state index < -0.39 is 5.97 Å². The molecule has 2 aromatic carbocycles. The number of methoxy groups -OCH3 is 1. The molecular formula is C22H20BrNO4S. The molecule has 3 aromatic rings. The van der Waals surface area contributed by atoms with Crippen molar-refractivity contribution in [2.24, 2.45) is 0 Å². The quantitative estimate of drug-likeness (QED) is 0.473. The third-order valence-corrected chi connectivity index (χ3v) is 5.72. The summed E-state index contributed by atoms with van der Waals surface area (Å²) in [6.45, 7) is 3.73. The molecule has 3 rings (SSSR count). The number of amides is 1. The fourth-order valence-electron chi connectivity index (χ4n) is 2.77. The molecule has 0 aliphatic rings. The highest BCUT2D eigenvalue weighted by molar-refractivity contribution is 9.10. The van der Waals surface area contributed by atoms with Crippen LogP contribution in [0.25, 0.3) is 11.1 Å². The minimum atomic E-state index is -0.505. The number of esters is 1. The molecule has 0 atom stereocenters. The van der Waals surface area contributed by atoms with Crippen LogP contribution in [-0.4, -0.2) is 25.6 Å². The Kier molecular flexibility index (Phi) is 6.71. The zero-order valence-corrected chi connectivity index (χ0v) is 18.6. The standard InChI is InChI=1S/C22H20BrNO4S/c1-13-4-5-14(2)18(10-13)28-11-19(25)24-21-20(22(26)27-3)17(12-29-21)15-6-8-16(23)9-7-15/h4-10,12H,11H2,1-3H3,(H,24,25). The number of aryl methyl sites for hydroxylation is 2. The van der Waals surface area contributed by atoms with Gasteiger partial charge in [-0.05, 0) is 48.7 Å². The number of carbonyl (C=O) groups excluding carboxylic acids is 2. The van der Waals surface area contributed by atoms with Crippen molar-refractivity contribution in [3.63, 3.8) is 0 Å². The number of hydrogen-bond acceptors (Lipinski definition) is 5. The van der Waals surface area contributed by atoms with Crippen LogP contribution in [0.2, 0.25) is 0 Å². The largest absolute Gasteiger partial charge is 0.483 e. The molecule has 7 heteroatoms. The Morgan fingerprint density at radius 1 is 1.10 bits per heavy atom. The Morgan fingerprint density at radius 3 is 2.52 bits per heavy atom. The maximum absolute atomic E-state index is 12.4. The van der Waals surface area contributed by atoms with E-state index in [1.165, 1.54) is 18.4 Å². The molecule has 0 spiro atoms. The van der Waals surface area contributed by atoms with Gasteiger partial charge >= 0.3 is 5.97 Å². The molecule has 5 nitrogen and oxygen atoms in total. The molecule has 0 aliphatic heterocycles. The number of rotatable bonds is 6. The molecule has 0 unspecified atom stereocenters. The first-order valence-corrected chi connectivity index (χ1v) is 10.5. The Hall–Kier alpha value is -2.64. The van der Waals surface area contributed by atoms with Crippen LogP contribution < -0.4 is 10.1 Å². The minimum Gasteiger partial charge on any atom is -0.483 e. The van der Waals surface area contributed by atoms with Gasteiger partial charge in [-0.25, -0.2) is 4.79 Å². The van der Waals surface area contributed by atoms with Gasteiger partial charge in [0.05, 0.1) is 7.11 Å². The van der Waals surface area contributed by atoms with Crippen molar-refractivity contribution in [2.75, 3.05) is 19.0 Å². The third-order valence-electron chi connectivity index (χ3n) is 4.29. The number of thiophene rings is 1. The summed E-state index contributed by atoms with van der Waals surface area (Å²) in [5.41, 5.74) is 3.90. The highest BCUT2D eigenvalue weighted by atomic mass is 79.9. The van der Waals surface area contributed by atoms with Crippen molar-refractivity contribution in [3.05, 3.63) is 69.0 Å². The molecule has 1 heterocycles. The van der Waals surface area contributed by atoms with Crippen molar-refractivity contribution < 1.29 is 19.1 Å². The van der Waals surface area contributed by atoms with Crippen molar-refractivity contribution >= 4 is 44.1 Å². The summed E-state index contributed by atoms with van der Waals surface area (Å²) < 4.78 is 11.5. The maximum Gasteiger partial charge on any atom is 0.341 e. The first-order valence-electron chi connectivity index (χ1n) is 8.84. The van der Waals surface area contributed by atoms with Gasteiger partial charge in [0.25, 0.3) is 5.91 Å². The Labute approximate surface area is 181 Å². The Bertz CT molecular complexity index is 1040. The normalized spacial score (nSPS) is 10.5. The number of carbonyl (C=O) groups is 2. The van der Waals surface area contributed by atoms with E-state index in [2.05, 4.69) is 21.2 Å². The summed E-state index contributed by atoms with van der Waals surface area (Å²) in [7, 11) is 1.32. The molecule has 1 aromatic heterocycles. The molecule has 0 radical (unpaired) electrons. The summed E-state index contributed by atoms with van der Waals surface area (Å²) in [4.78, 5) is 24.8. The predicted molar refractivity (Wildman–Crippen MR) is 119 cm³/mol. The van der Waals surface area contributed by atoms with Crippen molar-refractivity contribution in [2.45, 2.75) is 13.8 Å². The number of benzene rings is 2. The van der Waals surface area contributed by atoms with E-state index in [0.29, 0.717) is 21.9 Å². The van der Waals surface area contributed by atoms with Gasteiger partial charge < -0.3 is 14.8 Å². The number of ether oxygens (including phenoxy) is 2. The van der Waals surface area contributed by atoms with Gasteiger partial charge in [0, 0.05) is 15.4 Å².